The van der Waals surface area contributed by atoms with Crippen molar-refractivity contribution in [2.75, 3.05) is 0 Å². The maximum Gasteiger partial charge on any atom is 0.0957 e. The monoisotopic (exact) mass is 214 g/mol. The lowest BCUT2D eigenvalue weighted by Crippen LogP contribution is -2.21. The fraction of sp³-hybridized carbons (Fsp3) is 0.308. The number of fused-ring (bicyclic) bond motifs is 3. The molecular formula is C13H14N2O. The standard InChI is InChI=1S/C13H14N2O/c1-2-12(16)13-10-6-4-3-5-9(10)11-7-14-8-15(11)13/h3-8,12-13,16H,2H2,1H3/t12-,13?/m0/s1. The van der Waals surface area contributed by atoms with Gasteiger partial charge in [0.25, 0.3) is 0 Å². The Morgan fingerprint density at radius 3 is 3.06 bits per heavy atom. The Hall–Kier alpha value is -1.61. The summed E-state index contributed by atoms with van der Waals surface area (Å²) in [6, 6.07) is 8.25. The van der Waals surface area contributed by atoms with Gasteiger partial charge in [-0.05, 0) is 12.0 Å². The van der Waals surface area contributed by atoms with E-state index in [2.05, 4.69) is 21.7 Å². The Kier molecular flexibility index (Phi) is 2.07. The van der Waals surface area contributed by atoms with Gasteiger partial charge in [-0.15, -0.1) is 0 Å². The predicted octanol–water partition coefficient (Wildman–Crippen LogP) is 2.22. The van der Waals surface area contributed by atoms with Crippen LogP contribution >= 0.6 is 0 Å². The van der Waals surface area contributed by atoms with Gasteiger partial charge < -0.3 is 9.67 Å². The number of aliphatic hydroxyl groups excluding tert-OH is 1. The van der Waals surface area contributed by atoms with Gasteiger partial charge in [-0.25, -0.2) is 4.98 Å². The molecule has 0 aliphatic carbocycles. The Balaban J connectivity index is 2.21. The Morgan fingerprint density at radius 2 is 2.25 bits per heavy atom. The molecule has 3 rings (SSSR count). The topological polar surface area (TPSA) is 38.1 Å². The SMILES string of the molecule is CC[C@H](O)C1c2ccccc2-c2cncn21. The van der Waals surface area contributed by atoms with E-state index < -0.39 is 0 Å². The number of hydrogen-bond donors (Lipinski definition) is 1. The zero-order valence-electron chi connectivity index (χ0n) is 9.17. The Morgan fingerprint density at radius 1 is 1.44 bits per heavy atom. The van der Waals surface area contributed by atoms with Crippen molar-refractivity contribution in [1.29, 1.82) is 0 Å². The van der Waals surface area contributed by atoms with E-state index >= 15 is 0 Å². The minimum absolute atomic E-state index is 0.0266. The molecule has 0 spiro atoms. The summed E-state index contributed by atoms with van der Waals surface area (Å²) in [7, 11) is 0. The van der Waals surface area contributed by atoms with Crippen LogP contribution in [0.3, 0.4) is 0 Å². The molecule has 0 saturated carbocycles. The van der Waals surface area contributed by atoms with Gasteiger partial charge in [-0.2, -0.15) is 0 Å². The summed E-state index contributed by atoms with van der Waals surface area (Å²) in [5, 5.41) is 10.1. The van der Waals surface area contributed by atoms with Crippen LogP contribution < -0.4 is 0 Å². The molecule has 1 aromatic heterocycles. The second-order valence-electron chi connectivity index (χ2n) is 4.19. The van der Waals surface area contributed by atoms with E-state index in [4.69, 9.17) is 0 Å². The van der Waals surface area contributed by atoms with Crippen molar-refractivity contribution in [3.63, 3.8) is 0 Å². The number of aromatic nitrogens is 2. The summed E-state index contributed by atoms with van der Waals surface area (Å²) in [5.74, 6) is 0. The number of hydrogen-bond acceptors (Lipinski definition) is 2. The number of aliphatic hydroxyl groups is 1. The van der Waals surface area contributed by atoms with Crippen molar-refractivity contribution in [3.8, 4) is 11.3 Å². The van der Waals surface area contributed by atoms with Gasteiger partial charge in [0, 0.05) is 5.56 Å². The first-order valence-electron chi connectivity index (χ1n) is 5.62. The van der Waals surface area contributed by atoms with Gasteiger partial charge in [0.05, 0.1) is 30.4 Å². The van der Waals surface area contributed by atoms with Crippen molar-refractivity contribution < 1.29 is 5.11 Å². The molecule has 16 heavy (non-hydrogen) atoms. The average Bonchev–Trinajstić information content (AvgIpc) is 2.87. The molecule has 0 bridgehead atoms. The highest BCUT2D eigenvalue weighted by molar-refractivity contribution is 5.69. The molecule has 1 unspecified atom stereocenters. The summed E-state index contributed by atoms with van der Waals surface area (Å²) < 4.78 is 2.07. The van der Waals surface area contributed by atoms with Crippen molar-refractivity contribution in [2.45, 2.75) is 25.5 Å². The molecule has 82 valence electrons. The van der Waals surface area contributed by atoms with Gasteiger partial charge in [0.15, 0.2) is 0 Å². The normalized spacial score (nSPS) is 19.2. The molecule has 3 heteroatoms. The van der Waals surface area contributed by atoms with E-state index in [9.17, 15) is 5.11 Å². The predicted molar refractivity (Wildman–Crippen MR) is 62.1 cm³/mol. The maximum atomic E-state index is 10.1. The second-order valence-corrected chi connectivity index (χ2v) is 4.19. The summed E-state index contributed by atoms with van der Waals surface area (Å²) in [5.41, 5.74) is 3.50. The van der Waals surface area contributed by atoms with Gasteiger partial charge >= 0.3 is 0 Å². The summed E-state index contributed by atoms with van der Waals surface area (Å²) in [6.07, 6.45) is 4.06. The van der Waals surface area contributed by atoms with Crippen LogP contribution in [-0.2, 0) is 0 Å². The first-order valence-corrected chi connectivity index (χ1v) is 5.62. The highest BCUT2D eigenvalue weighted by atomic mass is 16.3. The molecule has 1 aliphatic heterocycles. The van der Waals surface area contributed by atoms with E-state index in [0.29, 0.717) is 0 Å². The van der Waals surface area contributed by atoms with E-state index in [1.165, 1.54) is 11.1 Å². The van der Waals surface area contributed by atoms with Gasteiger partial charge in [-0.3, -0.25) is 0 Å². The lowest BCUT2D eigenvalue weighted by molar-refractivity contribution is 0.129. The van der Waals surface area contributed by atoms with Crippen molar-refractivity contribution in [3.05, 3.63) is 42.4 Å². The number of imidazole rings is 1. The molecule has 2 atom stereocenters. The third-order valence-corrected chi connectivity index (χ3v) is 3.30. The molecule has 1 aliphatic rings. The molecule has 2 aromatic rings. The second kappa shape index (κ2) is 3.46. The molecule has 1 N–H and O–H groups in total. The molecular weight excluding hydrogens is 200 g/mol. The van der Waals surface area contributed by atoms with Crippen LogP contribution in [0.4, 0.5) is 0 Å². The fourth-order valence-electron chi connectivity index (χ4n) is 2.49. The van der Waals surface area contributed by atoms with Crippen molar-refractivity contribution in [2.24, 2.45) is 0 Å². The smallest absolute Gasteiger partial charge is 0.0957 e. The van der Waals surface area contributed by atoms with Crippen LogP contribution in [0.15, 0.2) is 36.8 Å². The van der Waals surface area contributed by atoms with Gasteiger partial charge in [0.2, 0.25) is 0 Å². The summed E-state index contributed by atoms with van der Waals surface area (Å²) in [6.45, 7) is 2.00. The Bertz CT molecular complexity index is 518. The molecule has 0 saturated heterocycles. The van der Waals surface area contributed by atoms with Gasteiger partial charge in [0.1, 0.15) is 0 Å². The quantitative estimate of drug-likeness (QED) is 0.832. The minimum Gasteiger partial charge on any atom is -0.391 e. The first kappa shape index (κ1) is 9.60. The first-order chi connectivity index (χ1) is 7.83. The van der Waals surface area contributed by atoms with E-state index in [1.807, 2.05) is 25.3 Å². The van der Waals surface area contributed by atoms with Crippen LogP contribution in [0.5, 0.6) is 0 Å². The van der Waals surface area contributed by atoms with Crippen LogP contribution in [-0.4, -0.2) is 20.8 Å². The number of benzene rings is 1. The Labute approximate surface area is 94.4 Å². The van der Waals surface area contributed by atoms with Crippen LogP contribution in [0.25, 0.3) is 11.3 Å². The minimum atomic E-state index is -0.350. The molecule has 0 fully saturated rings. The number of rotatable bonds is 2. The van der Waals surface area contributed by atoms with E-state index in [-0.39, 0.29) is 12.1 Å². The molecule has 1 aromatic carbocycles. The lowest BCUT2D eigenvalue weighted by Gasteiger charge is -2.19. The van der Waals surface area contributed by atoms with Crippen molar-refractivity contribution >= 4 is 0 Å². The lowest BCUT2D eigenvalue weighted by atomic mass is 9.98. The number of nitrogens with zero attached hydrogens (tertiary/aromatic N) is 2. The largest absolute Gasteiger partial charge is 0.391 e. The molecule has 3 nitrogen and oxygen atoms in total. The third-order valence-electron chi connectivity index (χ3n) is 3.30. The van der Waals surface area contributed by atoms with Crippen LogP contribution in [0, 0.1) is 0 Å². The maximum absolute atomic E-state index is 10.1. The molecule has 2 heterocycles. The summed E-state index contributed by atoms with van der Waals surface area (Å²) in [4.78, 5) is 4.16. The average molecular weight is 214 g/mol. The molecule has 0 radical (unpaired) electrons. The zero-order chi connectivity index (χ0) is 11.1. The fourth-order valence-corrected chi connectivity index (χ4v) is 2.49. The van der Waals surface area contributed by atoms with E-state index in [0.717, 1.165) is 12.1 Å². The summed E-state index contributed by atoms with van der Waals surface area (Å²) >= 11 is 0. The highest BCUT2D eigenvalue weighted by Crippen LogP contribution is 2.40. The zero-order valence-corrected chi connectivity index (χ0v) is 9.17. The highest BCUT2D eigenvalue weighted by Gasteiger charge is 2.32. The molecule has 0 amide bonds. The van der Waals surface area contributed by atoms with Crippen LogP contribution in [0.2, 0.25) is 0 Å². The van der Waals surface area contributed by atoms with Gasteiger partial charge in [-0.1, -0.05) is 31.2 Å². The van der Waals surface area contributed by atoms with E-state index in [1.54, 1.807) is 6.33 Å². The third kappa shape index (κ3) is 1.15. The van der Waals surface area contributed by atoms with Crippen molar-refractivity contribution in [1.82, 2.24) is 9.55 Å². The van der Waals surface area contributed by atoms with Crippen LogP contribution in [0.1, 0.15) is 24.9 Å².